The molecule has 0 unspecified atom stereocenters. The van der Waals surface area contributed by atoms with Crippen molar-refractivity contribution in [3.63, 3.8) is 0 Å². The van der Waals surface area contributed by atoms with Crippen LogP contribution in [0.1, 0.15) is 15.9 Å². The van der Waals surface area contributed by atoms with Crippen LogP contribution < -0.4 is 11.1 Å². The maximum Gasteiger partial charge on any atom is 0.416 e. The average molecular weight is 359 g/mol. The Balaban J connectivity index is 1.83. The van der Waals surface area contributed by atoms with E-state index in [-0.39, 0.29) is 17.2 Å². The fourth-order valence-corrected chi connectivity index (χ4v) is 2.18. The van der Waals surface area contributed by atoms with Gasteiger partial charge in [0, 0.05) is 35.4 Å². The first-order valence-corrected chi connectivity index (χ1v) is 7.35. The highest BCUT2D eigenvalue weighted by Crippen LogP contribution is 2.30. The summed E-state index contributed by atoms with van der Waals surface area (Å²) in [6, 6.07) is 7.34. The molecule has 0 saturated heterocycles. The number of amides is 1. The zero-order chi connectivity index (χ0) is 18.7. The van der Waals surface area contributed by atoms with Gasteiger partial charge in [0.2, 0.25) is 5.95 Å². The van der Waals surface area contributed by atoms with Crippen LogP contribution in [0.25, 0.3) is 11.3 Å². The number of nitrogens with two attached hydrogens (primary N) is 1. The number of aromatic nitrogens is 3. The van der Waals surface area contributed by atoms with Crippen molar-refractivity contribution in [2.24, 2.45) is 0 Å². The minimum absolute atomic E-state index is 0.0407. The molecule has 0 aliphatic heterocycles. The third kappa shape index (κ3) is 3.94. The average Bonchev–Trinajstić information content (AvgIpc) is 2.62. The molecule has 2 heterocycles. The fourth-order valence-electron chi connectivity index (χ4n) is 2.18. The van der Waals surface area contributed by atoms with Gasteiger partial charge in [-0.15, -0.1) is 0 Å². The Labute approximate surface area is 145 Å². The van der Waals surface area contributed by atoms with Crippen LogP contribution >= 0.6 is 0 Å². The Morgan fingerprint density at radius 3 is 2.46 bits per heavy atom. The first-order valence-electron chi connectivity index (χ1n) is 7.35. The van der Waals surface area contributed by atoms with E-state index in [1.165, 1.54) is 42.9 Å². The van der Waals surface area contributed by atoms with Crippen LogP contribution in [0.5, 0.6) is 0 Å². The Hall–Kier alpha value is -3.49. The molecular weight excluding hydrogens is 347 g/mol. The van der Waals surface area contributed by atoms with E-state index in [9.17, 15) is 18.0 Å². The largest absolute Gasteiger partial charge is 0.416 e. The number of pyridine rings is 1. The molecule has 0 saturated carbocycles. The number of alkyl halides is 3. The van der Waals surface area contributed by atoms with Crippen molar-refractivity contribution in [2.75, 3.05) is 11.1 Å². The number of benzene rings is 1. The quantitative estimate of drug-likeness (QED) is 0.748. The smallest absolute Gasteiger partial charge is 0.368 e. The molecule has 3 aromatic rings. The second kappa shape index (κ2) is 6.79. The number of rotatable bonds is 3. The predicted molar refractivity (Wildman–Crippen MR) is 89.1 cm³/mol. The highest BCUT2D eigenvalue weighted by atomic mass is 19.4. The molecule has 6 nitrogen and oxygen atoms in total. The number of carbonyl (C=O) groups is 1. The lowest BCUT2D eigenvalue weighted by molar-refractivity contribution is -0.137. The maximum absolute atomic E-state index is 12.8. The van der Waals surface area contributed by atoms with Gasteiger partial charge in [-0.1, -0.05) is 6.07 Å². The van der Waals surface area contributed by atoms with Gasteiger partial charge in [0.25, 0.3) is 5.91 Å². The van der Waals surface area contributed by atoms with Crippen LogP contribution in [0, 0.1) is 0 Å². The van der Waals surface area contributed by atoms with E-state index in [1.54, 1.807) is 0 Å². The Morgan fingerprint density at radius 1 is 1.04 bits per heavy atom. The van der Waals surface area contributed by atoms with Gasteiger partial charge < -0.3 is 11.1 Å². The molecule has 1 aromatic carbocycles. The lowest BCUT2D eigenvalue weighted by atomic mass is 10.1. The summed E-state index contributed by atoms with van der Waals surface area (Å²) in [5, 5.41) is 2.44. The molecule has 132 valence electrons. The van der Waals surface area contributed by atoms with E-state index < -0.39 is 17.6 Å². The second-order valence-electron chi connectivity index (χ2n) is 5.29. The second-order valence-corrected chi connectivity index (χ2v) is 5.29. The van der Waals surface area contributed by atoms with Crippen molar-refractivity contribution < 1.29 is 18.0 Å². The monoisotopic (exact) mass is 359 g/mol. The third-order valence-electron chi connectivity index (χ3n) is 3.44. The molecule has 0 spiro atoms. The Morgan fingerprint density at radius 2 is 1.77 bits per heavy atom. The standard InChI is InChI=1S/C17H12F3N5O/c18-17(19,20)12-2-1-3-13(7-12)25-15(26)10-4-5-22-14(6-10)11-8-23-16(21)24-9-11/h1-9H,(H,25,26)(H2,21,23,24). The van der Waals surface area contributed by atoms with Crippen molar-refractivity contribution in [3.05, 3.63) is 66.1 Å². The number of halogens is 3. The normalized spacial score (nSPS) is 11.2. The van der Waals surface area contributed by atoms with Gasteiger partial charge in [0.15, 0.2) is 0 Å². The van der Waals surface area contributed by atoms with Crippen LogP contribution in [-0.4, -0.2) is 20.9 Å². The molecule has 3 N–H and O–H groups in total. The molecule has 9 heteroatoms. The Kier molecular flexibility index (Phi) is 4.53. The number of nitrogens with zero attached hydrogens (tertiary/aromatic N) is 3. The molecule has 0 radical (unpaired) electrons. The Bertz CT molecular complexity index is 942. The van der Waals surface area contributed by atoms with Gasteiger partial charge >= 0.3 is 6.18 Å². The maximum atomic E-state index is 12.8. The first kappa shape index (κ1) is 17.3. The third-order valence-corrected chi connectivity index (χ3v) is 3.44. The van der Waals surface area contributed by atoms with Crippen molar-refractivity contribution >= 4 is 17.5 Å². The van der Waals surface area contributed by atoms with Crippen LogP contribution in [0.2, 0.25) is 0 Å². The lowest BCUT2D eigenvalue weighted by Gasteiger charge is -2.10. The highest BCUT2D eigenvalue weighted by Gasteiger charge is 2.30. The summed E-state index contributed by atoms with van der Waals surface area (Å²) in [6.45, 7) is 0. The summed E-state index contributed by atoms with van der Waals surface area (Å²) in [7, 11) is 0. The number of nitrogens with one attached hydrogen (secondary N) is 1. The number of nitrogen functional groups attached to an aromatic ring is 1. The predicted octanol–water partition coefficient (Wildman–Crippen LogP) is 3.39. The molecule has 1 amide bonds. The molecule has 0 aliphatic rings. The van der Waals surface area contributed by atoms with Gasteiger partial charge in [-0.25, -0.2) is 9.97 Å². The van der Waals surface area contributed by atoms with Gasteiger partial charge in [-0.05, 0) is 30.3 Å². The van der Waals surface area contributed by atoms with Crippen molar-refractivity contribution in [3.8, 4) is 11.3 Å². The molecule has 0 bridgehead atoms. The fraction of sp³-hybridized carbons (Fsp3) is 0.0588. The van der Waals surface area contributed by atoms with E-state index in [4.69, 9.17) is 5.73 Å². The molecule has 2 aromatic heterocycles. The lowest BCUT2D eigenvalue weighted by Crippen LogP contribution is -2.13. The van der Waals surface area contributed by atoms with Crippen LogP contribution in [0.4, 0.5) is 24.8 Å². The summed E-state index contributed by atoms with van der Waals surface area (Å²) in [6.07, 6.45) is -0.162. The van der Waals surface area contributed by atoms with Crippen LogP contribution in [0.15, 0.2) is 55.0 Å². The van der Waals surface area contributed by atoms with Crippen LogP contribution in [-0.2, 0) is 6.18 Å². The SMILES string of the molecule is Nc1ncc(-c2cc(C(=O)Nc3cccc(C(F)(F)F)c3)ccn2)cn1. The number of hydrogen-bond acceptors (Lipinski definition) is 5. The molecule has 0 fully saturated rings. The minimum atomic E-state index is -4.49. The molecule has 26 heavy (non-hydrogen) atoms. The first-order chi connectivity index (χ1) is 12.3. The topological polar surface area (TPSA) is 93.8 Å². The number of hydrogen-bond donors (Lipinski definition) is 2. The van der Waals surface area contributed by atoms with E-state index >= 15 is 0 Å². The van der Waals surface area contributed by atoms with Crippen molar-refractivity contribution in [1.29, 1.82) is 0 Å². The van der Waals surface area contributed by atoms with E-state index in [0.29, 0.717) is 11.3 Å². The highest BCUT2D eigenvalue weighted by molar-refractivity contribution is 6.04. The van der Waals surface area contributed by atoms with Crippen LogP contribution in [0.3, 0.4) is 0 Å². The molecule has 3 rings (SSSR count). The van der Waals surface area contributed by atoms with Crippen molar-refractivity contribution in [2.45, 2.75) is 6.18 Å². The summed E-state index contributed by atoms with van der Waals surface area (Å²) >= 11 is 0. The zero-order valence-electron chi connectivity index (χ0n) is 13.2. The minimum Gasteiger partial charge on any atom is -0.368 e. The summed E-state index contributed by atoms with van der Waals surface area (Å²) < 4.78 is 38.3. The summed E-state index contributed by atoms with van der Waals surface area (Å²) in [5.74, 6) is -0.462. The van der Waals surface area contributed by atoms with Gasteiger partial charge in [-0.2, -0.15) is 13.2 Å². The number of anilines is 2. The molecule has 0 aliphatic carbocycles. The molecular formula is C17H12F3N5O. The van der Waals surface area contributed by atoms with E-state index in [0.717, 1.165) is 12.1 Å². The zero-order valence-corrected chi connectivity index (χ0v) is 13.2. The molecule has 0 atom stereocenters. The van der Waals surface area contributed by atoms with E-state index in [2.05, 4.69) is 20.3 Å². The van der Waals surface area contributed by atoms with Gasteiger partial charge in [0.05, 0.1) is 11.3 Å². The van der Waals surface area contributed by atoms with Gasteiger partial charge in [0.1, 0.15) is 0 Å². The summed E-state index contributed by atoms with van der Waals surface area (Å²) in [4.78, 5) is 24.2. The van der Waals surface area contributed by atoms with Gasteiger partial charge in [-0.3, -0.25) is 9.78 Å². The summed E-state index contributed by atoms with van der Waals surface area (Å²) in [5.41, 5.74) is 5.83. The van der Waals surface area contributed by atoms with E-state index in [1.807, 2.05) is 0 Å². The number of carbonyl (C=O) groups excluding carboxylic acids is 1. The van der Waals surface area contributed by atoms with Crippen molar-refractivity contribution in [1.82, 2.24) is 15.0 Å².